The van der Waals surface area contributed by atoms with Gasteiger partial charge in [-0.25, -0.2) is 4.98 Å². The lowest BCUT2D eigenvalue weighted by molar-refractivity contribution is 0.297. The summed E-state index contributed by atoms with van der Waals surface area (Å²) in [6, 6.07) is 22.7. The molecule has 1 aliphatic rings. The first kappa shape index (κ1) is 18.1. The van der Waals surface area contributed by atoms with Gasteiger partial charge in [-0.2, -0.15) is 0 Å². The van der Waals surface area contributed by atoms with E-state index in [1.54, 1.807) is 18.4 Å². The van der Waals surface area contributed by atoms with E-state index in [1.807, 2.05) is 60.7 Å². The van der Waals surface area contributed by atoms with Crippen molar-refractivity contribution >= 4 is 11.6 Å². The van der Waals surface area contributed by atoms with Gasteiger partial charge in [-0.05, 0) is 53.6 Å². The molecule has 3 aromatic carbocycles. The Morgan fingerprint density at radius 2 is 1.77 bits per heavy atom. The van der Waals surface area contributed by atoms with Crippen LogP contribution in [0.1, 0.15) is 16.8 Å². The minimum Gasteiger partial charge on any atom is -0.508 e. The lowest BCUT2D eigenvalue weighted by Crippen LogP contribution is -2.07. The number of aromatic nitrogens is 1. The van der Waals surface area contributed by atoms with Crippen LogP contribution >= 0.6 is 0 Å². The number of phenolic OH excluding ortho intramolecular Hbond substituents is 1. The Bertz CT molecular complexity index is 1190. The predicted molar refractivity (Wildman–Crippen MR) is 114 cm³/mol. The molecule has 0 unspecified atom stereocenters. The molecule has 1 N–H and O–H groups in total. The Hall–Kier alpha value is -3.99. The number of phenols is 1. The molecule has 30 heavy (non-hydrogen) atoms. The Balaban J connectivity index is 1.28. The van der Waals surface area contributed by atoms with Crippen molar-refractivity contribution in [3.63, 3.8) is 0 Å². The fourth-order valence-electron chi connectivity index (χ4n) is 3.32. The highest BCUT2D eigenvalue weighted by Gasteiger charge is 2.14. The number of nitrogens with zero attached hydrogens (tertiary/aromatic N) is 1. The third-order valence-corrected chi connectivity index (χ3v) is 4.90. The van der Waals surface area contributed by atoms with Crippen LogP contribution in [0.3, 0.4) is 0 Å². The number of oxazole rings is 1. The summed E-state index contributed by atoms with van der Waals surface area (Å²) in [7, 11) is 0. The Morgan fingerprint density at radius 1 is 0.933 bits per heavy atom. The molecule has 0 atom stereocenters. The van der Waals surface area contributed by atoms with E-state index in [1.165, 1.54) is 0 Å². The van der Waals surface area contributed by atoms with Crippen LogP contribution in [0.15, 0.2) is 83.5 Å². The SMILES string of the molecule is Oc1ccc(C2=Cc3ccc(OCc4coc(-c5ccccc5)n4)cc3OC2)cc1. The molecule has 5 rings (SSSR count). The van der Waals surface area contributed by atoms with Crippen molar-refractivity contribution < 1.29 is 19.0 Å². The molecule has 0 saturated heterocycles. The molecule has 0 spiro atoms. The highest BCUT2D eigenvalue weighted by atomic mass is 16.5. The van der Waals surface area contributed by atoms with Crippen LogP contribution in [0.25, 0.3) is 23.1 Å². The van der Waals surface area contributed by atoms with Gasteiger partial charge in [0.25, 0.3) is 0 Å². The van der Waals surface area contributed by atoms with Crippen molar-refractivity contribution in [3.05, 3.63) is 95.9 Å². The van der Waals surface area contributed by atoms with Gasteiger partial charge in [0, 0.05) is 17.2 Å². The van der Waals surface area contributed by atoms with Gasteiger partial charge in [-0.3, -0.25) is 0 Å². The van der Waals surface area contributed by atoms with Crippen LogP contribution in [0.5, 0.6) is 17.2 Å². The van der Waals surface area contributed by atoms with Gasteiger partial charge in [-0.15, -0.1) is 0 Å². The summed E-state index contributed by atoms with van der Waals surface area (Å²) in [4.78, 5) is 4.48. The summed E-state index contributed by atoms with van der Waals surface area (Å²) in [5.41, 5.74) is 4.74. The second-order valence-corrected chi connectivity index (χ2v) is 7.00. The maximum absolute atomic E-state index is 9.46. The van der Waals surface area contributed by atoms with Crippen molar-refractivity contribution in [2.75, 3.05) is 6.61 Å². The largest absolute Gasteiger partial charge is 0.508 e. The molecule has 5 heteroatoms. The highest BCUT2D eigenvalue weighted by molar-refractivity contribution is 5.85. The number of ether oxygens (including phenoxy) is 2. The summed E-state index contributed by atoms with van der Waals surface area (Å²) in [5, 5.41) is 9.46. The third-order valence-electron chi connectivity index (χ3n) is 4.90. The molecule has 0 aliphatic carbocycles. The maximum atomic E-state index is 9.46. The van der Waals surface area contributed by atoms with E-state index in [2.05, 4.69) is 11.1 Å². The van der Waals surface area contributed by atoms with E-state index in [9.17, 15) is 5.11 Å². The second-order valence-electron chi connectivity index (χ2n) is 7.00. The number of aromatic hydroxyl groups is 1. The molecule has 4 aromatic rings. The van der Waals surface area contributed by atoms with Gasteiger partial charge in [0.05, 0.1) is 0 Å². The van der Waals surface area contributed by atoms with Gasteiger partial charge in [0.15, 0.2) is 0 Å². The zero-order chi connectivity index (χ0) is 20.3. The van der Waals surface area contributed by atoms with Gasteiger partial charge < -0.3 is 19.0 Å². The molecule has 148 valence electrons. The molecule has 5 nitrogen and oxygen atoms in total. The molecule has 1 aromatic heterocycles. The summed E-state index contributed by atoms with van der Waals surface area (Å²) in [6.07, 6.45) is 3.71. The average Bonchev–Trinajstić information content (AvgIpc) is 3.27. The Labute approximate surface area is 173 Å². The number of benzene rings is 3. The normalized spacial score (nSPS) is 12.6. The Kier molecular flexibility index (Phi) is 4.69. The smallest absolute Gasteiger partial charge is 0.226 e. The first-order valence-electron chi connectivity index (χ1n) is 9.64. The first-order chi connectivity index (χ1) is 14.7. The van der Waals surface area contributed by atoms with Crippen molar-refractivity contribution in [1.29, 1.82) is 0 Å². The molecular formula is C25H19NO4. The highest BCUT2D eigenvalue weighted by Crippen LogP contribution is 2.34. The predicted octanol–water partition coefficient (Wildman–Crippen LogP) is 5.56. The minimum absolute atomic E-state index is 0.251. The van der Waals surface area contributed by atoms with Crippen LogP contribution < -0.4 is 9.47 Å². The quantitative estimate of drug-likeness (QED) is 0.478. The molecule has 2 heterocycles. The van der Waals surface area contributed by atoms with E-state index >= 15 is 0 Å². The summed E-state index contributed by atoms with van der Waals surface area (Å²) >= 11 is 0. The summed E-state index contributed by atoms with van der Waals surface area (Å²) in [6.45, 7) is 0.772. The van der Waals surface area contributed by atoms with Crippen LogP contribution in [0, 0.1) is 0 Å². The molecule has 0 amide bonds. The van der Waals surface area contributed by atoms with E-state index in [0.717, 1.165) is 33.7 Å². The van der Waals surface area contributed by atoms with Gasteiger partial charge in [-0.1, -0.05) is 30.3 Å². The molecule has 0 saturated carbocycles. The fourth-order valence-corrected chi connectivity index (χ4v) is 3.32. The van der Waals surface area contributed by atoms with Crippen LogP contribution in [-0.4, -0.2) is 16.7 Å². The third kappa shape index (κ3) is 3.78. The lowest BCUT2D eigenvalue weighted by Gasteiger charge is -2.19. The molecule has 1 aliphatic heterocycles. The second kappa shape index (κ2) is 7.79. The van der Waals surface area contributed by atoms with Crippen LogP contribution in [0.2, 0.25) is 0 Å². The molecule has 0 radical (unpaired) electrons. The van der Waals surface area contributed by atoms with Gasteiger partial charge in [0.1, 0.15) is 42.4 Å². The average molecular weight is 397 g/mol. The molecule has 0 bridgehead atoms. The number of hydrogen-bond acceptors (Lipinski definition) is 5. The fraction of sp³-hybridized carbons (Fsp3) is 0.0800. The maximum Gasteiger partial charge on any atom is 0.226 e. The minimum atomic E-state index is 0.251. The van der Waals surface area contributed by atoms with Gasteiger partial charge >= 0.3 is 0 Å². The van der Waals surface area contributed by atoms with E-state index in [-0.39, 0.29) is 5.75 Å². The van der Waals surface area contributed by atoms with E-state index < -0.39 is 0 Å². The van der Waals surface area contributed by atoms with Crippen molar-refractivity contribution in [3.8, 4) is 28.7 Å². The van der Waals surface area contributed by atoms with Crippen molar-refractivity contribution in [1.82, 2.24) is 4.98 Å². The van der Waals surface area contributed by atoms with Crippen LogP contribution in [-0.2, 0) is 6.61 Å². The number of rotatable bonds is 5. The standard InChI is InChI=1S/C25H19NO4/c27-22-9-6-17(7-10-22)20-12-19-8-11-23(13-24(19)29-14-20)28-15-21-16-30-25(26-21)18-4-2-1-3-5-18/h1-13,16,27H,14-15H2. The summed E-state index contributed by atoms with van der Waals surface area (Å²) in [5.74, 6) is 2.32. The Morgan fingerprint density at radius 3 is 2.60 bits per heavy atom. The number of fused-ring (bicyclic) bond motifs is 1. The van der Waals surface area contributed by atoms with Crippen molar-refractivity contribution in [2.45, 2.75) is 6.61 Å². The monoisotopic (exact) mass is 397 g/mol. The van der Waals surface area contributed by atoms with E-state index in [4.69, 9.17) is 13.9 Å². The van der Waals surface area contributed by atoms with E-state index in [0.29, 0.717) is 24.9 Å². The number of hydrogen-bond donors (Lipinski definition) is 1. The zero-order valence-electron chi connectivity index (χ0n) is 16.1. The lowest BCUT2D eigenvalue weighted by atomic mass is 10.0. The van der Waals surface area contributed by atoms with Gasteiger partial charge in [0.2, 0.25) is 5.89 Å². The van der Waals surface area contributed by atoms with Crippen LogP contribution in [0.4, 0.5) is 0 Å². The topological polar surface area (TPSA) is 64.7 Å². The van der Waals surface area contributed by atoms with Crippen molar-refractivity contribution in [2.24, 2.45) is 0 Å². The zero-order valence-corrected chi connectivity index (χ0v) is 16.1. The first-order valence-corrected chi connectivity index (χ1v) is 9.64. The molecule has 0 fully saturated rings. The summed E-state index contributed by atoms with van der Waals surface area (Å²) < 4.78 is 17.4. The molecular weight excluding hydrogens is 378 g/mol.